The number of anilines is 1. The van der Waals surface area contributed by atoms with Gasteiger partial charge in [-0.3, -0.25) is 14.4 Å². The van der Waals surface area contributed by atoms with Crippen LogP contribution < -0.4 is 20.1 Å². The van der Waals surface area contributed by atoms with Crippen LogP contribution >= 0.6 is 23.2 Å². The fourth-order valence-electron chi connectivity index (χ4n) is 6.36. The van der Waals surface area contributed by atoms with Gasteiger partial charge in [0.1, 0.15) is 17.0 Å². The summed E-state index contributed by atoms with van der Waals surface area (Å²) in [5, 5.41) is 5.90. The van der Waals surface area contributed by atoms with E-state index in [4.69, 9.17) is 27.9 Å². The summed E-state index contributed by atoms with van der Waals surface area (Å²) >= 11 is 12.8. The molecule has 1 saturated heterocycles. The first-order valence-corrected chi connectivity index (χ1v) is 16.6. The molecule has 0 bridgehead atoms. The third-order valence-electron chi connectivity index (χ3n) is 8.76. The highest BCUT2D eigenvalue weighted by Gasteiger charge is 2.62. The van der Waals surface area contributed by atoms with Gasteiger partial charge in [-0.15, -0.1) is 0 Å². The molecular formula is C32H30Cl2FN3O6S. The average Bonchev–Trinajstić information content (AvgIpc) is 3.78. The van der Waals surface area contributed by atoms with Crippen molar-refractivity contribution in [2.75, 3.05) is 5.32 Å². The van der Waals surface area contributed by atoms with Crippen molar-refractivity contribution in [3.8, 4) is 5.75 Å². The summed E-state index contributed by atoms with van der Waals surface area (Å²) in [5.74, 6) is -3.11. The molecule has 2 fully saturated rings. The quantitative estimate of drug-likeness (QED) is 0.306. The molecule has 0 radical (unpaired) electrons. The smallest absolute Gasteiger partial charge is 0.277 e. The van der Waals surface area contributed by atoms with E-state index in [-0.39, 0.29) is 17.2 Å². The average molecular weight is 675 g/mol. The molecule has 3 aliphatic rings. The third kappa shape index (κ3) is 5.44. The zero-order valence-corrected chi connectivity index (χ0v) is 26.9. The topological polar surface area (TPSA) is 131 Å². The molecule has 13 heteroatoms. The van der Waals surface area contributed by atoms with E-state index in [9.17, 15) is 27.2 Å². The van der Waals surface area contributed by atoms with Gasteiger partial charge in [-0.05, 0) is 92.8 Å². The fraction of sp³-hybridized carbons (Fsp3) is 0.344. The van der Waals surface area contributed by atoms with E-state index in [0.717, 1.165) is 0 Å². The molecule has 3 aromatic carbocycles. The number of hydrogen-bond donors (Lipinski definition) is 3. The molecule has 1 saturated carbocycles. The molecule has 3 unspecified atom stereocenters. The van der Waals surface area contributed by atoms with E-state index in [1.165, 1.54) is 38.1 Å². The summed E-state index contributed by atoms with van der Waals surface area (Å²) in [6, 6.07) is 12.7. The van der Waals surface area contributed by atoms with Crippen LogP contribution in [0.25, 0.3) is 0 Å². The number of ether oxygens (including phenoxy) is 1. The number of nitrogens with one attached hydrogen (secondary N) is 3. The number of fused-ring (bicyclic) bond motifs is 2. The maximum absolute atomic E-state index is 14.7. The van der Waals surface area contributed by atoms with Gasteiger partial charge < -0.3 is 15.4 Å². The SMILES string of the molecule is Cc1ccc(F)cc1C1NC(=O)CC(c2cc(Cl)ccc2OC(C)(C)C(=O)NS(=O)(=O)C2CC2)C12C(=O)Nc1cc(Cl)ccc12. The maximum Gasteiger partial charge on any atom is 0.277 e. The third-order valence-corrected chi connectivity index (χ3v) is 11.0. The van der Waals surface area contributed by atoms with Crippen molar-refractivity contribution in [1.82, 2.24) is 10.0 Å². The van der Waals surface area contributed by atoms with E-state index >= 15 is 0 Å². The number of hydrogen-bond acceptors (Lipinski definition) is 6. The summed E-state index contributed by atoms with van der Waals surface area (Å²) in [6.07, 6.45) is 0.745. The largest absolute Gasteiger partial charge is 0.478 e. The van der Waals surface area contributed by atoms with Crippen LogP contribution in [0.15, 0.2) is 54.6 Å². The molecule has 1 spiro atoms. The van der Waals surface area contributed by atoms with Gasteiger partial charge in [0, 0.05) is 33.6 Å². The van der Waals surface area contributed by atoms with Crippen LogP contribution in [-0.2, 0) is 29.8 Å². The standard InChI is InChI=1S/C32H30Cl2FN3O6S/c1-16-4-7-19(35)14-21(16)28-32(23-10-5-18(34)13-25(23)36-30(32)41)24(15-27(39)37-28)22-12-17(33)6-11-26(22)44-31(2,3)29(40)38-45(42,43)20-8-9-20/h4-7,10-14,20,24,28H,8-9,15H2,1-3H3,(H,36,41)(H,37,39)(H,38,40). The van der Waals surface area contributed by atoms with Crippen molar-refractivity contribution in [2.24, 2.45) is 0 Å². The van der Waals surface area contributed by atoms with Gasteiger partial charge in [-0.25, -0.2) is 17.5 Å². The van der Waals surface area contributed by atoms with Crippen LogP contribution in [0.4, 0.5) is 10.1 Å². The monoisotopic (exact) mass is 673 g/mol. The molecule has 3 N–H and O–H groups in total. The minimum absolute atomic E-state index is 0.118. The van der Waals surface area contributed by atoms with Crippen molar-refractivity contribution in [3.05, 3.63) is 92.7 Å². The highest BCUT2D eigenvalue weighted by atomic mass is 35.5. The van der Waals surface area contributed by atoms with Crippen LogP contribution in [-0.4, -0.2) is 37.0 Å². The first kappa shape index (κ1) is 31.3. The molecule has 1 aliphatic carbocycles. The van der Waals surface area contributed by atoms with Crippen LogP contribution in [0.1, 0.15) is 67.3 Å². The van der Waals surface area contributed by atoms with E-state index in [1.54, 1.807) is 37.3 Å². The number of amides is 3. The van der Waals surface area contributed by atoms with Gasteiger partial charge in [0.15, 0.2) is 5.60 Å². The van der Waals surface area contributed by atoms with Gasteiger partial charge in [0.2, 0.25) is 21.8 Å². The molecule has 3 aromatic rings. The predicted molar refractivity (Wildman–Crippen MR) is 167 cm³/mol. The Morgan fingerprint density at radius 3 is 2.42 bits per heavy atom. The molecule has 3 amide bonds. The fourth-order valence-corrected chi connectivity index (χ4v) is 8.14. The van der Waals surface area contributed by atoms with Crippen LogP contribution in [0.5, 0.6) is 5.75 Å². The Bertz CT molecular complexity index is 1880. The maximum atomic E-state index is 14.7. The van der Waals surface area contributed by atoms with E-state index < -0.39 is 61.8 Å². The van der Waals surface area contributed by atoms with Crippen molar-refractivity contribution in [3.63, 3.8) is 0 Å². The van der Waals surface area contributed by atoms with E-state index in [1.807, 2.05) is 0 Å². The highest BCUT2D eigenvalue weighted by Crippen LogP contribution is 2.59. The van der Waals surface area contributed by atoms with Gasteiger partial charge in [-0.2, -0.15) is 0 Å². The number of carbonyl (C=O) groups is 3. The van der Waals surface area contributed by atoms with Crippen molar-refractivity contribution < 1.29 is 31.9 Å². The minimum atomic E-state index is -3.86. The van der Waals surface area contributed by atoms with Gasteiger partial charge >= 0.3 is 0 Å². The lowest BCUT2D eigenvalue weighted by Crippen LogP contribution is -2.57. The zero-order valence-electron chi connectivity index (χ0n) is 24.5. The van der Waals surface area contributed by atoms with Crippen molar-refractivity contribution in [2.45, 2.75) is 68.3 Å². The number of rotatable bonds is 7. The van der Waals surface area contributed by atoms with Gasteiger partial charge in [0.25, 0.3) is 5.91 Å². The minimum Gasteiger partial charge on any atom is -0.478 e. The molecule has 3 atom stereocenters. The Balaban J connectivity index is 1.53. The number of sulfonamides is 1. The van der Waals surface area contributed by atoms with Gasteiger partial charge in [-0.1, -0.05) is 35.3 Å². The van der Waals surface area contributed by atoms with Crippen LogP contribution in [0.3, 0.4) is 0 Å². The number of aryl methyl sites for hydroxylation is 1. The molecule has 9 nitrogen and oxygen atoms in total. The molecule has 2 aliphatic heterocycles. The predicted octanol–water partition coefficient (Wildman–Crippen LogP) is 5.44. The first-order chi connectivity index (χ1) is 21.1. The van der Waals surface area contributed by atoms with E-state index in [2.05, 4.69) is 15.4 Å². The normalized spacial score (nSPS) is 22.9. The number of carbonyl (C=O) groups excluding carboxylic acids is 3. The number of piperidine rings is 1. The molecule has 0 aromatic heterocycles. The second-order valence-corrected chi connectivity index (χ2v) is 15.1. The zero-order chi connectivity index (χ0) is 32.5. The molecule has 236 valence electrons. The summed E-state index contributed by atoms with van der Waals surface area (Å²) in [6.45, 7) is 4.61. The molecule has 2 heterocycles. The summed E-state index contributed by atoms with van der Waals surface area (Å²) in [4.78, 5) is 41.1. The second kappa shape index (κ2) is 11.0. The first-order valence-electron chi connectivity index (χ1n) is 14.3. The molecule has 6 rings (SSSR count). The molecule has 45 heavy (non-hydrogen) atoms. The Kier molecular flexibility index (Phi) is 7.65. The Morgan fingerprint density at radius 1 is 1.02 bits per heavy atom. The van der Waals surface area contributed by atoms with Crippen molar-refractivity contribution >= 4 is 56.6 Å². The number of benzene rings is 3. The highest BCUT2D eigenvalue weighted by molar-refractivity contribution is 7.90. The summed E-state index contributed by atoms with van der Waals surface area (Å²) in [5.41, 5.74) is -0.904. The second-order valence-electron chi connectivity index (χ2n) is 12.2. The lowest BCUT2D eigenvalue weighted by molar-refractivity contribution is -0.133. The summed E-state index contributed by atoms with van der Waals surface area (Å²) < 4.78 is 48.2. The Hall–Kier alpha value is -3.67. The Labute approximate surface area is 269 Å². The summed E-state index contributed by atoms with van der Waals surface area (Å²) in [7, 11) is -3.86. The van der Waals surface area contributed by atoms with Crippen LogP contribution in [0, 0.1) is 12.7 Å². The lowest BCUT2D eigenvalue weighted by atomic mass is 9.59. The van der Waals surface area contributed by atoms with Crippen LogP contribution in [0.2, 0.25) is 10.0 Å². The number of halogens is 3. The Morgan fingerprint density at radius 2 is 1.71 bits per heavy atom. The lowest BCUT2D eigenvalue weighted by Gasteiger charge is -2.47. The van der Waals surface area contributed by atoms with Crippen molar-refractivity contribution in [1.29, 1.82) is 0 Å². The van der Waals surface area contributed by atoms with Gasteiger partial charge in [0.05, 0.1) is 11.3 Å². The molecular weight excluding hydrogens is 644 g/mol. The van der Waals surface area contributed by atoms with E-state index in [0.29, 0.717) is 45.8 Å².